The number of pyridine rings is 1. The summed E-state index contributed by atoms with van der Waals surface area (Å²) in [6, 6.07) is 9.66. The number of esters is 1. The van der Waals surface area contributed by atoms with E-state index >= 15 is 0 Å². The van der Waals surface area contributed by atoms with Gasteiger partial charge < -0.3 is 9.47 Å². The highest BCUT2D eigenvalue weighted by atomic mass is 16.5. The number of aliphatic imine (C=N–C) groups is 1. The summed E-state index contributed by atoms with van der Waals surface area (Å²) in [5.41, 5.74) is 1.59. The standard InChI is InChI=1S/C15H16N2O3/c1-3-20-14(18)10-16-9-12-8-11-6-4-5-7-13(11)17-15(12)19-2/h4-9H,3,10H2,1-2H3. The number of methoxy groups -OCH3 is 1. The van der Waals surface area contributed by atoms with Gasteiger partial charge in [0.15, 0.2) is 0 Å². The van der Waals surface area contributed by atoms with E-state index in [-0.39, 0.29) is 12.5 Å². The molecule has 0 aliphatic heterocycles. The van der Waals surface area contributed by atoms with Crippen molar-refractivity contribution in [2.45, 2.75) is 6.92 Å². The van der Waals surface area contributed by atoms with Crippen molar-refractivity contribution in [3.05, 3.63) is 35.9 Å². The number of rotatable bonds is 5. The monoisotopic (exact) mass is 272 g/mol. The van der Waals surface area contributed by atoms with Crippen LogP contribution in [0.1, 0.15) is 12.5 Å². The third-order valence-corrected chi connectivity index (χ3v) is 2.67. The Morgan fingerprint density at radius 3 is 2.95 bits per heavy atom. The molecule has 0 N–H and O–H groups in total. The molecule has 0 bridgehead atoms. The fourth-order valence-corrected chi connectivity index (χ4v) is 1.80. The van der Waals surface area contributed by atoms with E-state index in [2.05, 4.69) is 9.98 Å². The molecule has 0 aliphatic rings. The van der Waals surface area contributed by atoms with Gasteiger partial charge in [-0.3, -0.25) is 9.79 Å². The molecule has 20 heavy (non-hydrogen) atoms. The number of benzene rings is 1. The molecule has 0 radical (unpaired) electrons. The molecule has 0 spiro atoms. The number of nitrogens with zero attached hydrogens (tertiary/aromatic N) is 2. The van der Waals surface area contributed by atoms with Crippen LogP contribution < -0.4 is 4.74 Å². The van der Waals surface area contributed by atoms with Crippen molar-refractivity contribution in [3.8, 4) is 5.88 Å². The Kier molecular flexibility index (Phi) is 4.65. The number of ether oxygens (including phenoxy) is 2. The third-order valence-electron chi connectivity index (χ3n) is 2.67. The number of fused-ring (bicyclic) bond motifs is 1. The summed E-state index contributed by atoms with van der Waals surface area (Å²) in [6.07, 6.45) is 1.58. The Hall–Kier alpha value is -2.43. The number of carbonyl (C=O) groups excluding carboxylic acids is 1. The van der Waals surface area contributed by atoms with Crippen LogP contribution in [0.25, 0.3) is 10.9 Å². The second-order valence-corrected chi connectivity index (χ2v) is 4.05. The summed E-state index contributed by atoms with van der Waals surface area (Å²) in [4.78, 5) is 19.7. The van der Waals surface area contributed by atoms with E-state index in [0.717, 1.165) is 16.5 Å². The highest BCUT2D eigenvalue weighted by Gasteiger charge is 2.05. The SMILES string of the molecule is CCOC(=O)CN=Cc1cc2ccccc2nc1OC. The second kappa shape index (κ2) is 6.65. The topological polar surface area (TPSA) is 60.8 Å². The maximum Gasteiger partial charge on any atom is 0.327 e. The molecular formula is C15H16N2O3. The van der Waals surface area contributed by atoms with Crippen LogP contribution in [0, 0.1) is 0 Å². The molecule has 0 saturated carbocycles. The Bertz CT molecular complexity index is 638. The number of hydrogen-bond acceptors (Lipinski definition) is 5. The first-order valence-electron chi connectivity index (χ1n) is 6.33. The lowest BCUT2D eigenvalue weighted by molar-refractivity contribution is -0.141. The van der Waals surface area contributed by atoms with Crippen molar-refractivity contribution in [2.24, 2.45) is 4.99 Å². The molecular weight excluding hydrogens is 256 g/mol. The highest BCUT2D eigenvalue weighted by Crippen LogP contribution is 2.20. The smallest absolute Gasteiger partial charge is 0.327 e. The van der Waals surface area contributed by atoms with Gasteiger partial charge in [0.05, 0.1) is 24.8 Å². The van der Waals surface area contributed by atoms with Gasteiger partial charge in [0, 0.05) is 11.6 Å². The Balaban J connectivity index is 2.24. The van der Waals surface area contributed by atoms with Gasteiger partial charge in [0.2, 0.25) is 5.88 Å². The van der Waals surface area contributed by atoms with Gasteiger partial charge in [-0.05, 0) is 19.1 Å². The Morgan fingerprint density at radius 1 is 1.40 bits per heavy atom. The molecule has 0 amide bonds. The normalized spacial score (nSPS) is 10.9. The minimum Gasteiger partial charge on any atom is -0.481 e. The van der Waals surface area contributed by atoms with Gasteiger partial charge in [-0.25, -0.2) is 4.98 Å². The molecule has 0 aliphatic carbocycles. The molecule has 2 aromatic rings. The van der Waals surface area contributed by atoms with Gasteiger partial charge in [0.1, 0.15) is 6.54 Å². The van der Waals surface area contributed by atoms with Crippen LogP contribution in [-0.4, -0.2) is 37.4 Å². The van der Waals surface area contributed by atoms with E-state index in [9.17, 15) is 4.79 Å². The first-order valence-corrected chi connectivity index (χ1v) is 6.33. The maximum atomic E-state index is 11.2. The first-order chi connectivity index (χ1) is 9.74. The minimum absolute atomic E-state index is 0.0101. The van der Waals surface area contributed by atoms with Crippen molar-refractivity contribution < 1.29 is 14.3 Å². The van der Waals surface area contributed by atoms with Gasteiger partial charge >= 0.3 is 5.97 Å². The summed E-state index contributed by atoms with van der Waals surface area (Å²) < 4.78 is 10.0. The lowest BCUT2D eigenvalue weighted by Crippen LogP contribution is -2.07. The zero-order chi connectivity index (χ0) is 14.4. The van der Waals surface area contributed by atoms with Crippen LogP contribution >= 0.6 is 0 Å². The van der Waals surface area contributed by atoms with Gasteiger partial charge in [-0.1, -0.05) is 18.2 Å². The van der Waals surface area contributed by atoms with Crippen molar-refractivity contribution in [3.63, 3.8) is 0 Å². The zero-order valence-electron chi connectivity index (χ0n) is 11.5. The van der Waals surface area contributed by atoms with Crippen LogP contribution in [0.15, 0.2) is 35.3 Å². The van der Waals surface area contributed by atoms with E-state index in [1.54, 1.807) is 20.2 Å². The molecule has 104 valence electrons. The summed E-state index contributed by atoms with van der Waals surface area (Å²) in [6.45, 7) is 2.11. The predicted octanol–water partition coefficient (Wildman–Crippen LogP) is 2.23. The molecule has 1 aromatic heterocycles. The highest BCUT2D eigenvalue weighted by molar-refractivity contribution is 5.91. The fraction of sp³-hybridized carbons (Fsp3) is 0.267. The van der Waals surface area contributed by atoms with Crippen molar-refractivity contribution in [1.29, 1.82) is 0 Å². The van der Waals surface area contributed by atoms with Crippen LogP contribution in [-0.2, 0) is 9.53 Å². The van der Waals surface area contributed by atoms with Crippen molar-refractivity contribution >= 4 is 23.1 Å². The second-order valence-electron chi connectivity index (χ2n) is 4.05. The number of hydrogen-bond donors (Lipinski definition) is 0. The summed E-state index contributed by atoms with van der Waals surface area (Å²) in [5, 5.41) is 0.992. The predicted molar refractivity (Wildman–Crippen MR) is 77.4 cm³/mol. The largest absolute Gasteiger partial charge is 0.481 e. The fourth-order valence-electron chi connectivity index (χ4n) is 1.80. The van der Waals surface area contributed by atoms with E-state index in [1.807, 2.05) is 30.3 Å². The minimum atomic E-state index is -0.350. The lowest BCUT2D eigenvalue weighted by Gasteiger charge is -2.05. The van der Waals surface area contributed by atoms with Crippen LogP contribution in [0.3, 0.4) is 0 Å². The number of para-hydroxylation sites is 1. The van der Waals surface area contributed by atoms with E-state index in [1.165, 1.54) is 0 Å². The van der Waals surface area contributed by atoms with Gasteiger partial charge in [-0.2, -0.15) is 0 Å². The molecule has 0 atom stereocenters. The third kappa shape index (κ3) is 3.32. The number of carbonyl (C=O) groups is 1. The first kappa shape index (κ1) is 14.0. The molecule has 5 heteroatoms. The molecule has 0 unspecified atom stereocenters. The molecule has 0 saturated heterocycles. The van der Waals surface area contributed by atoms with Gasteiger partial charge in [0.25, 0.3) is 0 Å². The molecule has 1 aromatic carbocycles. The average molecular weight is 272 g/mol. The zero-order valence-corrected chi connectivity index (χ0v) is 11.5. The van der Waals surface area contributed by atoms with Crippen molar-refractivity contribution in [2.75, 3.05) is 20.3 Å². The average Bonchev–Trinajstić information content (AvgIpc) is 2.46. The molecule has 2 rings (SSSR count). The van der Waals surface area contributed by atoms with Crippen LogP contribution in [0.4, 0.5) is 0 Å². The van der Waals surface area contributed by atoms with Crippen LogP contribution in [0.5, 0.6) is 5.88 Å². The summed E-state index contributed by atoms with van der Waals surface area (Å²) >= 11 is 0. The van der Waals surface area contributed by atoms with Gasteiger partial charge in [-0.15, -0.1) is 0 Å². The molecule has 0 fully saturated rings. The maximum absolute atomic E-state index is 11.2. The van der Waals surface area contributed by atoms with Crippen LogP contribution in [0.2, 0.25) is 0 Å². The van der Waals surface area contributed by atoms with E-state index in [0.29, 0.717) is 12.5 Å². The molecule has 1 heterocycles. The van der Waals surface area contributed by atoms with E-state index in [4.69, 9.17) is 9.47 Å². The Morgan fingerprint density at radius 2 is 2.20 bits per heavy atom. The number of aromatic nitrogens is 1. The van der Waals surface area contributed by atoms with Crippen molar-refractivity contribution in [1.82, 2.24) is 4.98 Å². The molecule has 5 nitrogen and oxygen atoms in total. The lowest BCUT2D eigenvalue weighted by atomic mass is 10.1. The summed E-state index contributed by atoms with van der Waals surface area (Å²) in [7, 11) is 1.56. The summed E-state index contributed by atoms with van der Waals surface area (Å²) in [5.74, 6) is 0.132. The van der Waals surface area contributed by atoms with E-state index < -0.39 is 0 Å². The Labute approximate surface area is 117 Å². The quantitative estimate of drug-likeness (QED) is 0.618.